The van der Waals surface area contributed by atoms with Gasteiger partial charge in [-0.25, -0.2) is 4.98 Å². The molecule has 0 aliphatic heterocycles. The molecular formula is C14H19FN2O. The van der Waals surface area contributed by atoms with E-state index in [0.29, 0.717) is 17.4 Å². The van der Waals surface area contributed by atoms with Crippen molar-refractivity contribution in [2.75, 3.05) is 0 Å². The van der Waals surface area contributed by atoms with Crippen LogP contribution in [0.2, 0.25) is 0 Å². The Kier molecular flexibility index (Phi) is 3.94. The Hall–Kier alpha value is -1.45. The summed E-state index contributed by atoms with van der Waals surface area (Å²) in [5.74, 6) is 0.266. The van der Waals surface area contributed by atoms with Crippen molar-refractivity contribution in [2.45, 2.75) is 39.2 Å². The Bertz CT molecular complexity index is 436. The standard InChI is InChI=1S/C14H19FN2O/c1-9-4-3-5-12(10(9)2)17-14(18)11-6-7-16-13(15)8-11/h6-10,12H,3-5H2,1-2H3,(H,17,18)/t9-,10+,12-/m0/s1. The minimum atomic E-state index is -0.618. The Labute approximate surface area is 107 Å². The Balaban J connectivity index is 2.03. The normalized spacial score (nSPS) is 27.8. The molecule has 1 amide bonds. The highest BCUT2D eigenvalue weighted by Gasteiger charge is 2.28. The minimum absolute atomic E-state index is 0.192. The van der Waals surface area contributed by atoms with Gasteiger partial charge in [0.25, 0.3) is 5.91 Å². The molecule has 1 aliphatic rings. The van der Waals surface area contributed by atoms with Crippen molar-refractivity contribution in [3.63, 3.8) is 0 Å². The number of nitrogens with zero attached hydrogens (tertiary/aromatic N) is 1. The lowest BCUT2D eigenvalue weighted by molar-refractivity contribution is 0.0890. The van der Waals surface area contributed by atoms with Gasteiger partial charge in [-0.2, -0.15) is 4.39 Å². The summed E-state index contributed by atoms with van der Waals surface area (Å²) in [6.07, 6.45) is 4.68. The molecule has 1 heterocycles. The van der Waals surface area contributed by atoms with E-state index in [2.05, 4.69) is 24.1 Å². The van der Waals surface area contributed by atoms with E-state index in [1.807, 2.05) is 0 Å². The number of carbonyl (C=O) groups is 1. The first kappa shape index (κ1) is 13.0. The highest BCUT2D eigenvalue weighted by molar-refractivity contribution is 5.94. The number of hydrogen-bond donors (Lipinski definition) is 1. The van der Waals surface area contributed by atoms with Crippen LogP contribution in [0.5, 0.6) is 0 Å². The number of carbonyl (C=O) groups excluding carboxylic acids is 1. The van der Waals surface area contributed by atoms with Gasteiger partial charge in [0.1, 0.15) is 0 Å². The van der Waals surface area contributed by atoms with E-state index in [1.54, 1.807) is 0 Å². The Morgan fingerprint density at radius 1 is 1.44 bits per heavy atom. The zero-order chi connectivity index (χ0) is 13.1. The van der Waals surface area contributed by atoms with E-state index in [4.69, 9.17) is 0 Å². The predicted octanol–water partition coefficient (Wildman–Crippen LogP) is 2.78. The zero-order valence-corrected chi connectivity index (χ0v) is 10.8. The number of nitrogens with one attached hydrogen (secondary N) is 1. The van der Waals surface area contributed by atoms with Crippen molar-refractivity contribution in [3.05, 3.63) is 29.8 Å². The van der Waals surface area contributed by atoms with E-state index in [0.717, 1.165) is 12.8 Å². The van der Waals surface area contributed by atoms with Gasteiger partial charge in [0.15, 0.2) is 0 Å². The number of hydrogen-bond acceptors (Lipinski definition) is 2. The topological polar surface area (TPSA) is 42.0 Å². The third-order valence-electron chi connectivity index (χ3n) is 4.01. The average molecular weight is 250 g/mol. The third kappa shape index (κ3) is 2.86. The van der Waals surface area contributed by atoms with Gasteiger partial charge in [-0.15, -0.1) is 0 Å². The summed E-state index contributed by atoms with van der Waals surface area (Å²) in [5.41, 5.74) is 0.341. The predicted molar refractivity (Wildman–Crippen MR) is 67.6 cm³/mol. The summed E-state index contributed by atoms with van der Waals surface area (Å²) in [7, 11) is 0. The van der Waals surface area contributed by atoms with Gasteiger partial charge in [-0.3, -0.25) is 4.79 Å². The van der Waals surface area contributed by atoms with Crippen molar-refractivity contribution >= 4 is 5.91 Å². The smallest absolute Gasteiger partial charge is 0.251 e. The molecule has 0 bridgehead atoms. The number of pyridine rings is 1. The van der Waals surface area contributed by atoms with Crippen LogP contribution in [0.1, 0.15) is 43.5 Å². The molecule has 3 atom stereocenters. The van der Waals surface area contributed by atoms with Gasteiger partial charge in [0.05, 0.1) is 0 Å². The highest BCUT2D eigenvalue weighted by atomic mass is 19.1. The second kappa shape index (κ2) is 5.46. The Morgan fingerprint density at radius 2 is 2.22 bits per heavy atom. The first-order chi connectivity index (χ1) is 8.58. The second-order valence-electron chi connectivity index (χ2n) is 5.21. The van der Waals surface area contributed by atoms with Crippen molar-refractivity contribution in [1.82, 2.24) is 10.3 Å². The van der Waals surface area contributed by atoms with Crippen LogP contribution in [0.3, 0.4) is 0 Å². The lowest BCUT2D eigenvalue weighted by Crippen LogP contribution is -2.43. The van der Waals surface area contributed by atoms with Crippen LogP contribution in [-0.2, 0) is 0 Å². The van der Waals surface area contributed by atoms with Crippen LogP contribution in [0.15, 0.2) is 18.3 Å². The maximum absolute atomic E-state index is 13.0. The van der Waals surface area contributed by atoms with Crippen LogP contribution < -0.4 is 5.32 Å². The molecular weight excluding hydrogens is 231 g/mol. The summed E-state index contributed by atoms with van der Waals surface area (Å²) >= 11 is 0. The monoisotopic (exact) mass is 250 g/mol. The zero-order valence-electron chi connectivity index (χ0n) is 10.8. The third-order valence-corrected chi connectivity index (χ3v) is 4.01. The largest absolute Gasteiger partial charge is 0.349 e. The van der Waals surface area contributed by atoms with Crippen molar-refractivity contribution in [3.8, 4) is 0 Å². The highest BCUT2D eigenvalue weighted by Crippen LogP contribution is 2.29. The van der Waals surface area contributed by atoms with Gasteiger partial charge < -0.3 is 5.32 Å². The molecule has 0 aromatic carbocycles. The lowest BCUT2D eigenvalue weighted by Gasteiger charge is -2.34. The van der Waals surface area contributed by atoms with Crippen LogP contribution in [0, 0.1) is 17.8 Å². The van der Waals surface area contributed by atoms with Crippen LogP contribution >= 0.6 is 0 Å². The number of rotatable bonds is 2. The number of amides is 1. The molecule has 4 heteroatoms. The maximum atomic E-state index is 13.0. The number of aromatic nitrogens is 1. The second-order valence-corrected chi connectivity index (χ2v) is 5.21. The van der Waals surface area contributed by atoms with Crippen LogP contribution in [0.4, 0.5) is 4.39 Å². The lowest BCUT2D eigenvalue weighted by atomic mass is 9.78. The molecule has 0 spiro atoms. The van der Waals surface area contributed by atoms with Gasteiger partial charge in [0.2, 0.25) is 5.95 Å². The molecule has 1 N–H and O–H groups in total. The van der Waals surface area contributed by atoms with Crippen molar-refractivity contribution < 1.29 is 9.18 Å². The summed E-state index contributed by atoms with van der Waals surface area (Å²) in [5, 5.41) is 3.01. The summed E-state index contributed by atoms with van der Waals surface area (Å²) < 4.78 is 13.0. The van der Waals surface area contributed by atoms with Gasteiger partial charge in [0, 0.05) is 23.9 Å². The average Bonchev–Trinajstić information content (AvgIpc) is 2.35. The van der Waals surface area contributed by atoms with Gasteiger partial charge >= 0.3 is 0 Å². The fourth-order valence-corrected chi connectivity index (χ4v) is 2.58. The van der Waals surface area contributed by atoms with E-state index >= 15 is 0 Å². The quantitative estimate of drug-likeness (QED) is 0.820. The summed E-state index contributed by atoms with van der Waals surface area (Å²) in [6.45, 7) is 4.39. The minimum Gasteiger partial charge on any atom is -0.349 e. The molecule has 18 heavy (non-hydrogen) atoms. The van der Waals surface area contributed by atoms with Crippen LogP contribution in [-0.4, -0.2) is 16.9 Å². The molecule has 0 saturated heterocycles. The van der Waals surface area contributed by atoms with E-state index in [-0.39, 0.29) is 11.9 Å². The van der Waals surface area contributed by atoms with Gasteiger partial charge in [-0.05, 0) is 24.3 Å². The molecule has 1 aromatic heterocycles. The molecule has 98 valence electrons. The molecule has 0 unspecified atom stereocenters. The summed E-state index contributed by atoms with van der Waals surface area (Å²) in [4.78, 5) is 15.5. The van der Waals surface area contributed by atoms with Crippen LogP contribution in [0.25, 0.3) is 0 Å². The molecule has 0 radical (unpaired) electrons. The van der Waals surface area contributed by atoms with Crippen molar-refractivity contribution in [2.24, 2.45) is 11.8 Å². The van der Waals surface area contributed by atoms with Gasteiger partial charge in [-0.1, -0.05) is 26.7 Å². The number of halogens is 1. The molecule has 1 aromatic rings. The first-order valence-corrected chi connectivity index (χ1v) is 6.50. The fraction of sp³-hybridized carbons (Fsp3) is 0.571. The van der Waals surface area contributed by atoms with E-state index < -0.39 is 5.95 Å². The molecule has 1 fully saturated rings. The SMILES string of the molecule is C[C@H]1[C@@H](NC(=O)c2ccnc(F)c2)CCC[C@@H]1C. The molecule has 2 rings (SSSR count). The van der Waals surface area contributed by atoms with Crippen molar-refractivity contribution in [1.29, 1.82) is 0 Å². The first-order valence-electron chi connectivity index (χ1n) is 6.50. The Morgan fingerprint density at radius 3 is 2.94 bits per heavy atom. The molecule has 1 aliphatic carbocycles. The summed E-state index contributed by atoms with van der Waals surface area (Å²) in [6, 6.07) is 2.90. The van der Waals surface area contributed by atoms with E-state index in [9.17, 15) is 9.18 Å². The molecule has 1 saturated carbocycles. The van der Waals surface area contributed by atoms with E-state index in [1.165, 1.54) is 24.8 Å². The fourth-order valence-electron chi connectivity index (χ4n) is 2.58. The maximum Gasteiger partial charge on any atom is 0.251 e. The molecule has 3 nitrogen and oxygen atoms in total.